The first kappa shape index (κ1) is 11.3. The monoisotopic (exact) mass is 236 g/mol. The third kappa shape index (κ3) is 2.51. The van der Waals surface area contributed by atoms with Crippen LogP contribution >= 0.6 is 0 Å². The van der Waals surface area contributed by atoms with Gasteiger partial charge in [0.05, 0.1) is 12.8 Å². The first-order chi connectivity index (χ1) is 8.18. The predicted octanol–water partition coefficient (Wildman–Crippen LogP) is 0.396. The summed E-state index contributed by atoms with van der Waals surface area (Å²) in [6.45, 7) is 0.922. The van der Waals surface area contributed by atoms with Gasteiger partial charge in [-0.1, -0.05) is 0 Å². The highest BCUT2D eigenvalue weighted by atomic mass is 16.4. The molecule has 2 aromatic rings. The molecule has 0 fully saturated rings. The summed E-state index contributed by atoms with van der Waals surface area (Å²) in [7, 11) is 1.84. The van der Waals surface area contributed by atoms with E-state index in [-0.39, 0.29) is 5.76 Å². The highest BCUT2D eigenvalue weighted by Crippen LogP contribution is 2.10. The Morgan fingerprint density at radius 2 is 2.41 bits per heavy atom. The third-order valence-electron chi connectivity index (χ3n) is 2.34. The molecule has 0 unspecified atom stereocenters. The Kier molecular flexibility index (Phi) is 3.20. The molecule has 0 saturated carbocycles. The fourth-order valence-corrected chi connectivity index (χ4v) is 1.44. The average Bonchev–Trinajstić information content (AvgIpc) is 2.88. The van der Waals surface area contributed by atoms with Crippen LogP contribution in [0.25, 0.3) is 0 Å². The summed E-state index contributed by atoms with van der Waals surface area (Å²) >= 11 is 0. The Balaban J connectivity index is 1.92. The Morgan fingerprint density at radius 1 is 1.59 bits per heavy atom. The molecule has 0 radical (unpaired) electrons. The molecule has 0 atom stereocenters. The normalized spacial score (nSPS) is 10.6. The van der Waals surface area contributed by atoms with E-state index in [9.17, 15) is 4.79 Å². The van der Waals surface area contributed by atoms with Crippen molar-refractivity contribution in [2.75, 3.05) is 0 Å². The lowest BCUT2D eigenvalue weighted by molar-refractivity contribution is 0.0660. The molecular formula is C10H12N4O3. The van der Waals surface area contributed by atoms with E-state index in [0.717, 1.165) is 5.82 Å². The summed E-state index contributed by atoms with van der Waals surface area (Å²) in [6.07, 6.45) is 2.97. The molecule has 17 heavy (non-hydrogen) atoms. The molecule has 2 rings (SSSR count). The molecule has 0 aliphatic rings. The Bertz CT molecular complexity index is 517. The highest BCUT2D eigenvalue weighted by molar-refractivity contribution is 5.86. The first-order valence-electron chi connectivity index (χ1n) is 5.01. The summed E-state index contributed by atoms with van der Waals surface area (Å²) in [5.74, 6) is -0.314. The van der Waals surface area contributed by atoms with Gasteiger partial charge < -0.3 is 19.4 Å². The number of hydrogen-bond acceptors (Lipinski definition) is 5. The van der Waals surface area contributed by atoms with Gasteiger partial charge in [-0.3, -0.25) is 0 Å². The van der Waals surface area contributed by atoms with E-state index in [1.165, 1.54) is 6.26 Å². The van der Waals surface area contributed by atoms with Gasteiger partial charge in [0.25, 0.3) is 0 Å². The van der Waals surface area contributed by atoms with Crippen molar-refractivity contribution in [2.45, 2.75) is 13.1 Å². The van der Waals surface area contributed by atoms with Gasteiger partial charge in [-0.15, -0.1) is 10.2 Å². The lowest BCUT2D eigenvalue weighted by Crippen LogP contribution is -2.16. The van der Waals surface area contributed by atoms with Crippen molar-refractivity contribution in [3.8, 4) is 0 Å². The minimum Gasteiger partial charge on any atom is -0.475 e. The predicted molar refractivity (Wildman–Crippen MR) is 57.2 cm³/mol. The molecule has 0 saturated heterocycles. The number of hydrogen-bond donors (Lipinski definition) is 2. The zero-order chi connectivity index (χ0) is 12.3. The summed E-state index contributed by atoms with van der Waals surface area (Å²) in [6, 6.07) is 1.63. The zero-order valence-electron chi connectivity index (χ0n) is 9.25. The van der Waals surface area contributed by atoms with Crippen LogP contribution in [-0.4, -0.2) is 25.8 Å². The summed E-state index contributed by atoms with van der Waals surface area (Å²) in [5, 5.41) is 19.6. The first-order valence-corrected chi connectivity index (χ1v) is 5.01. The molecular weight excluding hydrogens is 224 g/mol. The van der Waals surface area contributed by atoms with Gasteiger partial charge in [-0.25, -0.2) is 4.79 Å². The molecule has 7 nitrogen and oxygen atoms in total. The van der Waals surface area contributed by atoms with Crippen molar-refractivity contribution >= 4 is 5.97 Å². The topological polar surface area (TPSA) is 93.2 Å². The lowest BCUT2D eigenvalue weighted by Gasteiger charge is -2.03. The second-order valence-corrected chi connectivity index (χ2v) is 3.54. The highest BCUT2D eigenvalue weighted by Gasteiger charge is 2.13. The van der Waals surface area contributed by atoms with E-state index >= 15 is 0 Å². The van der Waals surface area contributed by atoms with Crippen LogP contribution in [0.2, 0.25) is 0 Å². The molecule has 2 N–H and O–H groups in total. The minimum atomic E-state index is -1.06. The maximum Gasteiger partial charge on any atom is 0.372 e. The fraction of sp³-hybridized carbons (Fsp3) is 0.300. The molecule has 0 amide bonds. The maximum absolute atomic E-state index is 10.8. The largest absolute Gasteiger partial charge is 0.475 e. The number of carboxylic acid groups (broad SMARTS) is 1. The SMILES string of the molecule is Cn1cnnc1CNCc1ccoc1C(=O)O. The van der Waals surface area contributed by atoms with Crippen LogP contribution in [0.15, 0.2) is 23.1 Å². The smallest absolute Gasteiger partial charge is 0.372 e. The maximum atomic E-state index is 10.8. The molecule has 90 valence electrons. The standard InChI is InChI=1S/C10H12N4O3/c1-14-6-12-13-8(14)5-11-4-7-2-3-17-9(7)10(15)16/h2-3,6,11H,4-5H2,1H3,(H,15,16). The van der Waals surface area contributed by atoms with Crippen LogP contribution in [0.5, 0.6) is 0 Å². The number of aryl methyl sites for hydroxylation is 1. The van der Waals surface area contributed by atoms with Gasteiger partial charge in [-0.05, 0) is 6.07 Å². The number of furan rings is 1. The molecule has 2 heterocycles. The zero-order valence-corrected chi connectivity index (χ0v) is 9.25. The van der Waals surface area contributed by atoms with Gasteiger partial charge in [-0.2, -0.15) is 0 Å². The van der Waals surface area contributed by atoms with Crippen molar-refractivity contribution in [3.05, 3.63) is 35.8 Å². The van der Waals surface area contributed by atoms with Crippen molar-refractivity contribution in [1.29, 1.82) is 0 Å². The van der Waals surface area contributed by atoms with Crippen LogP contribution in [0, 0.1) is 0 Å². The number of carboxylic acids is 1. The Morgan fingerprint density at radius 3 is 3.06 bits per heavy atom. The molecule has 0 spiro atoms. The van der Waals surface area contributed by atoms with Crippen LogP contribution in [0.1, 0.15) is 21.9 Å². The Labute approximate surface area is 97.1 Å². The van der Waals surface area contributed by atoms with Crippen LogP contribution in [-0.2, 0) is 20.1 Å². The number of rotatable bonds is 5. The van der Waals surface area contributed by atoms with E-state index in [0.29, 0.717) is 18.7 Å². The van der Waals surface area contributed by atoms with Gasteiger partial charge >= 0.3 is 5.97 Å². The summed E-state index contributed by atoms with van der Waals surface area (Å²) in [5.41, 5.74) is 0.611. The van der Waals surface area contributed by atoms with Gasteiger partial charge in [0.1, 0.15) is 12.2 Å². The van der Waals surface area contributed by atoms with Crippen LogP contribution in [0.4, 0.5) is 0 Å². The molecule has 0 aliphatic heterocycles. The molecule has 0 bridgehead atoms. The second kappa shape index (κ2) is 4.79. The van der Waals surface area contributed by atoms with Gasteiger partial charge in [0, 0.05) is 19.2 Å². The average molecular weight is 236 g/mol. The molecule has 0 aliphatic carbocycles. The van der Waals surface area contributed by atoms with Crippen LogP contribution < -0.4 is 5.32 Å². The number of aromatic nitrogens is 3. The second-order valence-electron chi connectivity index (χ2n) is 3.54. The van der Waals surface area contributed by atoms with Crippen molar-refractivity contribution in [2.24, 2.45) is 7.05 Å². The lowest BCUT2D eigenvalue weighted by atomic mass is 10.2. The number of nitrogens with zero attached hydrogens (tertiary/aromatic N) is 3. The van der Waals surface area contributed by atoms with Crippen molar-refractivity contribution in [3.63, 3.8) is 0 Å². The van der Waals surface area contributed by atoms with E-state index < -0.39 is 5.97 Å². The Hall–Kier alpha value is -2.15. The quantitative estimate of drug-likeness (QED) is 0.780. The number of carbonyl (C=O) groups is 1. The number of aromatic carboxylic acids is 1. The van der Waals surface area contributed by atoms with E-state index in [4.69, 9.17) is 9.52 Å². The molecule has 0 aromatic carbocycles. The van der Waals surface area contributed by atoms with Crippen molar-refractivity contribution < 1.29 is 14.3 Å². The molecule has 7 heteroatoms. The van der Waals surface area contributed by atoms with Crippen LogP contribution in [0.3, 0.4) is 0 Å². The van der Waals surface area contributed by atoms with Crippen molar-refractivity contribution in [1.82, 2.24) is 20.1 Å². The summed E-state index contributed by atoms with van der Waals surface area (Å²) in [4.78, 5) is 10.8. The fourth-order valence-electron chi connectivity index (χ4n) is 1.44. The van der Waals surface area contributed by atoms with Gasteiger partial charge in [0.2, 0.25) is 5.76 Å². The van der Waals surface area contributed by atoms with E-state index in [2.05, 4.69) is 15.5 Å². The van der Waals surface area contributed by atoms with E-state index in [1.54, 1.807) is 17.0 Å². The minimum absolute atomic E-state index is 0.0320. The molecule has 2 aromatic heterocycles. The van der Waals surface area contributed by atoms with Gasteiger partial charge in [0.15, 0.2) is 0 Å². The summed E-state index contributed by atoms with van der Waals surface area (Å²) < 4.78 is 6.66. The number of nitrogens with one attached hydrogen (secondary N) is 1. The third-order valence-corrected chi connectivity index (χ3v) is 2.34. The van der Waals surface area contributed by atoms with E-state index in [1.807, 2.05) is 7.05 Å².